The van der Waals surface area contributed by atoms with Crippen LogP contribution in [0.15, 0.2) is 0 Å². The Hall–Kier alpha value is -0.650. The number of hydrogen-bond donors (Lipinski definition) is 1. The Morgan fingerprint density at radius 1 is 1.35 bits per heavy atom. The molecule has 2 rings (SSSR count). The van der Waals surface area contributed by atoms with E-state index in [1.807, 2.05) is 0 Å². The molecule has 0 aromatic carbocycles. The van der Waals surface area contributed by atoms with Gasteiger partial charge in [0.05, 0.1) is 7.11 Å². The molecule has 0 spiro atoms. The van der Waals surface area contributed by atoms with Gasteiger partial charge < -0.3 is 10.1 Å². The zero-order valence-electron chi connectivity index (χ0n) is 12.9. The van der Waals surface area contributed by atoms with Crippen LogP contribution in [0.1, 0.15) is 32.6 Å². The molecule has 2 saturated heterocycles. The number of carbonyl (C=O) groups excluding carboxylic acids is 1. The lowest BCUT2D eigenvalue weighted by Gasteiger charge is -2.28. The fourth-order valence-corrected chi connectivity index (χ4v) is 3.39. The van der Waals surface area contributed by atoms with Gasteiger partial charge in [0.1, 0.15) is 6.04 Å². The van der Waals surface area contributed by atoms with Crippen LogP contribution in [0.3, 0.4) is 0 Å². The first kappa shape index (κ1) is 15.7. The number of nitrogens with zero attached hydrogens (tertiary/aromatic N) is 2. The second-order valence-electron chi connectivity index (χ2n) is 5.98. The van der Waals surface area contributed by atoms with Gasteiger partial charge in [-0.25, -0.2) is 0 Å². The maximum atomic E-state index is 11.9. The molecular weight excluding hydrogens is 254 g/mol. The van der Waals surface area contributed by atoms with Crippen LogP contribution >= 0.6 is 0 Å². The van der Waals surface area contributed by atoms with Gasteiger partial charge in [-0.15, -0.1) is 0 Å². The highest BCUT2D eigenvalue weighted by atomic mass is 16.5. The quantitative estimate of drug-likeness (QED) is 0.727. The molecule has 0 bridgehead atoms. The van der Waals surface area contributed by atoms with Gasteiger partial charge in [0.2, 0.25) is 0 Å². The van der Waals surface area contributed by atoms with Crippen LogP contribution in [-0.2, 0) is 9.53 Å². The van der Waals surface area contributed by atoms with Crippen molar-refractivity contribution in [3.63, 3.8) is 0 Å². The summed E-state index contributed by atoms with van der Waals surface area (Å²) in [4.78, 5) is 16.9. The average Bonchev–Trinajstić information content (AvgIpc) is 2.81. The molecule has 5 heteroatoms. The summed E-state index contributed by atoms with van der Waals surface area (Å²) < 4.78 is 4.93. The Labute approximate surface area is 122 Å². The van der Waals surface area contributed by atoms with Gasteiger partial charge in [-0.2, -0.15) is 0 Å². The zero-order valence-corrected chi connectivity index (χ0v) is 12.9. The Balaban J connectivity index is 1.89. The molecule has 0 radical (unpaired) electrons. The van der Waals surface area contributed by atoms with Crippen LogP contribution in [-0.4, -0.2) is 74.2 Å². The summed E-state index contributed by atoms with van der Waals surface area (Å²) in [6.45, 7) is 8.42. The number of esters is 1. The number of rotatable bonds is 6. The molecule has 5 nitrogen and oxygen atoms in total. The molecule has 0 aromatic rings. The Bertz CT molecular complexity index is 311. The molecule has 0 aliphatic carbocycles. The Morgan fingerprint density at radius 3 is 2.90 bits per heavy atom. The SMILES string of the molecule is CCCNC(CN1CCCN2CCCC2C1)C(=O)OC. The molecule has 2 fully saturated rings. The minimum atomic E-state index is -0.187. The second kappa shape index (κ2) is 7.96. The van der Waals surface area contributed by atoms with Crippen LogP contribution < -0.4 is 5.32 Å². The first-order valence-electron chi connectivity index (χ1n) is 8.02. The summed E-state index contributed by atoms with van der Waals surface area (Å²) in [7, 11) is 1.48. The summed E-state index contributed by atoms with van der Waals surface area (Å²) in [5.74, 6) is -0.133. The molecule has 116 valence electrons. The number of fused-ring (bicyclic) bond motifs is 1. The topological polar surface area (TPSA) is 44.8 Å². The van der Waals surface area contributed by atoms with Gasteiger partial charge in [0, 0.05) is 19.1 Å². The molecule has 1 N–H and O–H groups in total. The lowest BCUT2D eigenvalue weighted by molar-refractivity contribution is -0.143. The Morgan fingerprint density at radius 2 is 2.15 bits per heavy atom. The van der Waals surface area contributed by atoms with Gasteiger partial charge >= 0.3 is 5.97 Å². The van der Waals surface area contributed by atoms with Crippen molar-refractivity contribution in [2.75, 3.05) is 46.4 Å². The fraction of sp³-hybridized carbons (Fsp3) is 0.933. The summed E-state index contributed by atoms with van der Waals surface area (Å²) in [5.41, 5.74) is 0. The number of hydrogen-bond acceptors (Lipinski definition) is 5. The number of ether oxygens (including phenoxy) is 1. The lowest BCUT2D eigenvalue weighted by atomic mass is 10.2. The largest absolute Gasteiger partial charge is 0.468 e. The number of nitrogens with one attached hydrogen (secondary N) is 1. The zero-order chi connectivity index (χ0) is 14.4. The van der Waals surface area contributed by atoms with E-state index in [9.17, 15) is 4.79 Å². The van der Waals surface area contributed by atoms with Gasteiger partial charge in [-0.1, -0.05) is 6.92 Å². The third kappa shape index (κ3) is 4.17. The van der Waals surface area contributed by atoms with Gasteiger partial charge in [0.25, 0.3) is 0 Å². The summed E-state index contributed by atoms with van der Waals surface area (Å²) in [5, 5.41) is 3.32. The lowest BCUT2D eigenvalue weighted by Crippen LogP contribution is -2.48. The molecule has 0 aromatic heterocycles. The predicted molar refractivity (Wildman–Crippen MR) is 79.7 cm³/mol. The van der Waals surface area contributed by atoms with Crippen molar-refractivity contribution in [1.29, 1.82) is 0 Å². The molecule has 2 aliphatic rings. The van der Waals surface area contributed by atoms with Crippen molar-refractivity contribution < 1.29 is 9.53 Å². The van der Waals surface area contributed by atoms with Crippen molar-refractivity contribution in [1.82, 2.24) is 15.1 Å². The van der Waals surface area contributed by atoms with Crippen molar-refractivity contribution in [2.24, 2.45) is 0 Å². The molecule has 20 heavy (non-hydrogen) atoms. The second-order valence-corrected chi connectivity index (χ2v) is 5.98. The summed E-state index contributed by atoms with van der Waals surface area (Å²) >= 11 is 0. The van der Waals surface area contributed by atoms with Crippen molar-refractivity contribution >= 4 is 5.97 Å². The molecule has 2 aliphatic heterocycles. The average molecular weight is 283 g/mol. The first-order valence-corrected chi connectivity index (χ1v) is 8.02. The summed E-state index contributed by atoms with van der Waals surface area (Å²) in [6, 6.07) is 0.509. The first-order chi connectivity index (χ1) is 9.74. The van der Waals surface area contributed by atoms with Crippen LogP contribution in [0.4, 0.5) is 0 Å². The van der Waals surface area contributed by atoms with Crippen molar-refractivity contribution in [2.45, 2.75) is 44.7 Å². The Kier molecular flexibility index (Phi) is 6.26. The van der Waals surface area contributed by atoms with Gasteiger partial charge in [-0.3, -0.25) is 14.6 Å². The van der Waals surface area contributed by atoms with E-state index in [1.54, 1.807) is 0 Å². The number of carbonyl (C=O) groups is 1. The summed E-state index contributed by atoms with van der Waals surface area (Å²) in [6.07, 6.45) is 4.87. The van der Waals surface area contributed by atoms with E-state index in [4.69, 9.17) is 4.74 Å². The van der Waals surface area contributed by atoms with E-state index in [-0.39, 0.29) is 12.0 Å². The van der Waals surface area contributed by atoms with E-state index in [0.29, 0.717) is 6.04 Å². The molecule has 2 unspecified atom stereocenters. The maximum absolute atomic E-state index is 11.9. The monoisotopic (exact) mass is 283 g/mol. The van der Waals surface area contributed by atoms with Crippen LogP contribution in [0.2, 0.25) is 0 Å². The van der Waals surface area contributed by atoms with Crippen molar-refractivity contribution in [3.8, 4) is 0 Å². The minimum absolute atomic E-state index is 0.133. The standard InChI is InChI=1S/C15H29N3O2/c1-3-7-16-14(15(19)20-2)12-17-8-5-10-18-9-4-6-13(18)11-17/h13-14,16H,3-12H2,1-2H3. The fourth-order valence-electron chi connectivity index (χ4n) is 3.39. The molecule has 2 heterocycles. The van der Waals surface area contributed by atoms with E-state index < -0.39 is 0 Å². The predicted octanol–water partition coefficient (Wildman–Crippen LogP) is 0.698. The van der Waals surface area contributed by atoms with E-state index in [1.165, 1.54) is 39.5 Å². The van der Waals surface area contributed by atoms with Gasteiger partial charge in [-0.05, 0) is 51.9 Å². The highest BCUT2D eigenvalue weighted by molar-refractivity contribution is 5.75. The normalized spacial score (nSPS) is 26.0. The van der Waals surface area contributed by atoms with E-state index >= 15 is 0 Å². The highest BCUT2D eigenvalue weighted by Crippen LogP contribution is 2.21. The molecule has 0 amide bonds. The highest BCUT2D eigenvalue weighted by Gasteiger charge is 2.30. The van der Waals surface area contributed by atoms with Crippen LogP contribution in [0.5, 0.6) is 0 Å². The molecule has 2 atom stereocenters. The molecule has 0 saturated carbocycles. The molecular formula is C15H29N3O2. The van der Waals surface area contributed by atoms with Crippen LogP contribution in [0, 0.1) is 0 Å². The maximum Gasteiger partial charge on any atom is 0.324 e. The van der Waals surface area contributed by atoms with Gasteiger partial charge in [0.15, 0.2) is 0 Å². The smallest absolute Gasteiger partial charge is 0.324 e. The van der Waals surface area contributed by atoms with E-state index in [0.717, 1.165) is 32.6 Å². The minimum Gasteiger partial charge on any atom is -0.468 e. The number of methoxy groups -OCH3 is 1. The van der Waals surface area contributed by atoms with Crippen LogP contribution in [0.25, 0.3) is 0 Å². The van der Waals surface area contributed by atoms with Crippen molar-refractivity contribution in [3.05, 3.63) is 0 Å². The van der Waals surface area contributed by atoms with E-state index in [2.05, 4.69) is 22.0 Å². The third-order valence-corrected chi connectivity index (χ3v) is 4.45. The third-order valence-electron chi connectivity index (χ3n) is 4.45.